The molecule has 0 aromatic heterocycles. The molecule has 7 nitrogen and oxygen atoms in total. The number of ether oxygens (including phenoxy) is 2. The Labute approximate surface area is 161 Å². The fourth-order valence-corrected chi connectivity index (χ4v) is 5.69. The quantitative estimate of drug-likeness (QED) is 0.717. The van der Waals surface area contributed by atoms with Crippen molar-refractivity contribution in [2.45, 2.75) is 32.4 Å². The summed E-state index contributed by atoms with van der Waals surface area (Å²) in [5.41, 5.74) is 2.24. The van der Waals surface area contributed by atoms with Gasteiger partial charge in [0.05, 0.1) is 32.3 Å². The first-order valence-corrected chi connectivity index (χ1v) is 11.1. The van der Waals surface area contributed by atoms with Crippen LogP contribution in [0.2, 0.25) is 0 Å². The second kappa shape index (κ2) is 8.06. The Hall–Kier alpha value is -1.80. The zero-order valence-corrected chi connectivity index (χ0v) is 17.0. The third-order valence-electron chi connectivity index (χ3n) is 5.54. The summed E-state index contributed by atoms with van der Waals surface area (Å²) in [4.78, 5) is 16.7. The Morgan fingerprint density at radius 1 is 1.22 bits per heavy atom. The number of hydrogen-bond donors (Lipinski definition) is 0. The molecular formula is C19H28N2O5S. The van der Waals surface area contributed by atoms with Crippen molar-refractivity contribution < 1.29 is 22.7 Å². The molecule has 3 rings (SSSR count). The predicted molar refractivity (Wildman–Crippen MR) is 103 cm³/mol. The van der Waals surface area contributed by atoms with Crippen molar-refractivity contribution in [1.82, 2.24) is 9.80 Å². The van der Waals surface area contributed by atoms with Gasteiger partial charge in [0.2, 0.25) is 5.91 Å². The summed E-state index contributed by atoms with van der Waals surface area (Å²) in [6, 6.07) is 3.87. The van der Waals surface area contributed by atoms with Gasteiger partial charge in [0.15, 0.2) is 21.3 Å². The fourth-order valence-electron chi connectivity index (χ4n) is 3.93. The molecule has 1 fully saturated rings. The van der Waals surface area contributed by atoms with Gasteiger partial charge >= 0.3 is 0 Å². The van der Waals surface area contributed by atoms with E-state index in [0.29, 0.717) is 37.6 Å². The van der Waals surface area contributed by atoms with E-state index in [0.717, 1.165) is 12.0 Å². The van der Waals surface area contributed by atoms with E-state index in [1.807, 2.05) is 28.9 Å². The van der Waals surface area contributed by atoms with Gasteiger partial charge in [-0.05, 0) is 42.6 Å². The number of nitrogens with zero attached hydrogens (tertiary/aromatic N) is 2. The number of likely N-dealkylation sites (N-methyl/N-ethyl adjacent to an activating group) is 1. The van der Waals surface area contributed by atoms with Crippen LogP contribution in [0.1, 0.15) is 24.5 Å². The van der Waals surface area contributed by atoms with Gasteiger partial charge in [-0.1, -0.05) is 6.92 Å². The summed E-state index contributed by atoms with van der Waals surface area (Å²) in [5.74, 6) is 1.80. The number of benzene rings is 1. The maximum absolute atomic E-state index is 12.9. The van der Waals surface area contributed by atoms with Crippen LogP contribution < -0.4 is 9.47 Å². The third kappa shape index (κ3) is 4.38. The van der Waals surface area contributed by atoms with Crippen molar-refractivity contribution in [2.24, 2.45) is 0 Å². The standard InChI is InChI=1S/C19H28N2O5S/c1-4-20(16-6-8-27(23,24)13-16)12-19(22)21-7-5-14-9-17(25-2)18(26-3)10-15(14)11-21/h9-10,16H,4-8,11-13H2,1-3H3. The van der Waals surface area contributed by atoms with Crippen LogP contribution in [0.4, 0.5) is 0 Å². The van der Waals surface area contributed by atoms with Crippen molar-refractivity contribution in [1.29, 1.82) is 0 Å². The van der Waals surface area contributed by atoms with Gasteiger partial charge < -0.3 is 14.4 Å². The molecule has 0 aliphatic carbocycles. The first-order chi connectivity index (χ1) is 12.9. The lowest BCUT2D eigenvalue weighted by atomic mass is 9.98. The van der Waals surface area contributed by atoms with Crippen LogP contribution in [0, 0.1) is 0 Å². The van der Waals surface area contributed by atoms with Gasteiger partial charge in [0.25, 0.3) is 0 Å². The lowest BCUT2D eigenvalue weighted by Gasteiger charge is -2.33. The molecule has 2 heterocycles. The first kappa shape index (κ1) is 19.9. The molecule has 0 saturated carbocycles. The highest BCUT2D eigenvalue weighted by molar-refractivity contribution is 7.91. The predicted octanol–water partition coefficient (Wildman–Crippen LogP) is 1.10. The summed E-state index contributed by atoms with van der Waals surface area (Å²) < 4.78 is 34.2. The molecule has 1 unspecified atom stereocenters. The van der Waals surface area contributed by atoms with Gasteiger partial charge in [-0.25, -0.2) is 8.42 Å². The number of rotatable bonds is 6. The third-order valence-corrected chi connectivity index (χ3v) is 7.29. The molecule has 0 N–H and O–H groups in total. The van der Waals surface area contributed by atoms with Crippen LogP contribution in [0.3, 0.4) is 0 Å². The second-order valence-corrected chi connectivity index (χ2v) is 9.39. The molecule has 1 saturated heterocycles. The summed E-state index contributed by atoms with van der Waals surface area (Å²) in [5, 5.41) is 0. The fraction of sp³-hybridized carbons (Fsp3) is 0.632. The van der Waals surface area contributed by atoms with Gasteiger partial charge in [-0.2, -0.15) is 0 Å². The summed E-state index contributed by atoms with van der Waals surface area (Å²) >= 11 is 0. The zero-order chi connectivity index (χ0) is 19.6. The molecule has 1 aromatic rings. The Morgan fingerprint density at radius 2 is 1.89 bits per heavy atom. The van der Waals surface area contributed by atoms with E-state index in [1.54, 1.807) is 14.2 Å². The Bertz CT molecular complexity index is 809. The maximum Gasteiger partial charge on any atom is 0.237 e. The van der Waals surface area contributed by atoms with Gasteiger partial charge in [-0.3, -0.25) is 9.69 Å². The zero-order valence-electron chi connectivity index (χ0n) is 16.2. The van der Waals surface area contributed by atoms with Crippen LogP contribution in [0.25, 0.3) is 0 Å². The SMILES string of the molecule is CCN(CC(=O)N1CCc2cc(OC)c(OC)cc2C1)C1CCS(=O)(=O)C1. The molecule has 1 amide bonds. The molecule has 0 spiro atoms. The van der Waals surface area contributed by atoms with Crippen LogP contribution >= 0.6 is 0 Å². The average Bonchev–Trinajstić information content (AvgIpc) is 3.03. The van der Waals surface area contributed by atoms with Gasteiger partial charge in [-0.15, -0.1) is 0 Å². The van der Waals surface area contributed by atoms with Crippen molar-refractivity contribution in [3.63, 3.8) is 0 Å². The lowest BCUT2D eigenvalue weighted by Crippen LogP contribution is -2.46. The molecule has 8 heteroatoms. The highest BCUT2D eigenvalue weighted by atomic mass is 32.2. The summed E-state index contributed by atoms with van der Waals surface area (Å²) in [6.07, 6.45) is 1.38. The molecule has 1 atom stereocenters. The summed E-state index contributed by atoms with van der Waals surface area (Å²) in [6.45, 7) is 4.10. The molecule has 1 aromatic carbocycles. The van der Waals surface area contributed by atoms with E-state index >= 15 is 0 Å². The van der Waals surface area contributed by atoms with E-state index < -0.39 is 9.84 Å². The van der Waals surface area contributed by atoms with Crippen molar-refractivity contribution in [3.05, 3.63) is 23.3 Å². The monoisotopic (exact) mass is 396 g/mol. The van der Waals surface area contributed by atoms with Crippen LogP contribution in [-0.2, 0) is 27.6 Å². The average molecular weight is 397 g/mol. The van der Waals surface area contributed by atoms with Crippen LogP contribution in [0.5, 0.6) is 11.5 Å². The van der Waals surface area contributed by atoms with Crippen molar-refractivity contribution in [3.8, 4) is 11.5 Å². The first-order valence-electron chi connectivity index (χ1n) is 9.33. The number of methoxy groups -OCH3 is 2. The van der Waals surface area contributed by atoms with E-state index in [4.69, 9.17) is 9.47 Å². The van der Waals surface area contributed by atoms with Crippen molar-refractivity contribution in [2.75, 3.05) is 45.4 Å². The largest absolute Gasteiger partial charge is 0.493 e. The van der Waals surface area contributed by atoms with Crippen LogP contribution in [0.15, 0.2) is 12.1 Å². The number of carbonyl (C=O) groups excluding carboxylic acids is 1. The van der Waals surface area contributed by atoms with Gasteiger partial charge in [0.1, 0.15) is 0 Å². The Kier molecular flexibility index (Phi) is 5.95. The van der Waals surface area contributed by atoms with Crippen LogP contribution in [-0.4, -0.2) is 75.5 Å². The minimum Gasteiger partial charge on any atom is -0.493 e. The van der Waals surface area contributed by atoms with E-state index in [9.17, 15) is 13.2 Å². The van der Waals surface area contributed by atoms with E-state index in [-0.39, 0.29) is 30.0 Å². The Balaban J connectivity index is 1.68. The highest BCUT2D eigenvalue weighted by Gasteiger charge is 2.33. The number of carbonyl (C=O) groups is 1. The highest BCUT2D eigenvalue weighted by Crippen LogP contribution is 2.33. The molecular weight excluding hydrogens is 368 g/mol. The minimum atomic E-state index is -2.96. The summed E-state index contributed by atoms with van der Waals surface area (Å²) in [7, 11) is 0.261. The minimum absolute atomic E-state index is 0.0431. The molecule has 2 aliphatic rings. The van der Waals surface area contributed by atoms with E-state index in [1.165, 1.54) is 5.56 Å². The lowest BCUT2D eigenvalue weighted by molar-refractivity contribution is -0.133. The number of sulfone groups is 1. The Morgan fingerprint density at radius 3 is 2.44 bits per heavy atom. The second-order valence-electron chi connectivity index (χ2n) is 7.16. The molecule has 0 radical (unpaired) electrons. The molecule has 0 bridgehead atoms. The van der Waals surface area contributed by atoms with E-state index in [2.05, 4.69) is 0 Å². The smallest absolute Gasteiger partial charge is 0.237 e. The van der Waals surface area contributed by atoms with Gasteiger partial charge in [0, 0.05) is 19.1 Å². The molecule has 2 aliphatic heterocycles. The van der Waals surface area contributed by atoms with Crippen molar-refractivity contribution >= 4 is 15.7 Å². The number of fused-ring (bicyclic) bond motifs is 1. The number of amides is 1. The normalized spacial score (nSPS) is 21.2. The maximum atomic E-state index is 12.9. The topological polar surface area (TPSA) is 76.2 Å². The molecule has 150 valence electrons. The number of hydrogen-bond acceptors (Lipinski definition) is 6. The molecule has 27 heavy (non-hydrogen) atoms.